The third-order valence-corrected chi connectivity index (χ3v) is 3.21. The van der Waals surface area contributed by atoms with Crippen LogP contribution < -0.4 is 5.32 Å². The van der Waals surface area contributed by atoms with E-state index < -0.39 is 0 Å². The number of rotatable bonds is 4. The zero-order chi connectivity index (χ0) is 14.0. The minimum Gasteiger partial charge on any atom is -0.348 e. The predicted molar refractivity (Wildman–Crippen MR) is 74.4 cm³/mol. The van der Waals surface area contributed by atoms with Crippen molar-refractivity contribution in [1.29, 1.82) is 0 Å². The van der Waals surface area contributed by atoms with Crippen LogP contribution in [0.15, 0.2) is 23.1 Å². The van der Waals surface area contributed by atoms with Gasteiger partial charge in [0.05, 0.1) is 22.4 Å². The lowest BCUT2D eigenvalue weighted by Crippen LogP contribution is -2.30. The van der Waals surface area contributed by atoms with Crippen LogP contribution in [0.4, 0.5) is 0 Å². The summed E-state index contributed by atoms with van der Waals surface area (Å²) in [4.78, 5) is 11.9. The maximum atomic E-state index is 11.9. The number of aromatic nitrogens is 4. The van der Waals surface area contributed by atoms with E-state index >= 15 is 0 Å². The molecule has 102 valence electrons. The van der Waals surface area contributed by atoms with Crippen molar-refractivity contribution in [3.05, 3.63) is 34.3 Å². The molecule has 2 aromatic heterocycles. The molecule has 1 unspecified atom stereocenters. The average molecular weight is 326 g/mol. The number of nitrogens with zero attached hydrogens (tertiary/aromatic N) is 4. The molecule has 0 saturated heterocycles. The number of amides is 1. The van der Waals surface area contributed by atoms with Crippen LogP contribution >= 0.6 is 15.9 Å². The normalized spacial score (nSPS) is 12.4. The van der Waals surface area contributed by atoms with E-state index in [-0.39, 0.29) is 18.5 Å². The highest BCUT2D eigenvalue weighted by Crippen LogP contribution is 2.15. The summed E-state index contributed by atoms with van der Waals surface area (Å²) in [7, 11) is 1.87. The Morgan fingerprint density at radius 3 is 2.79 bits per heavy atom. The summed E-state index contributed by atoms with van der Waals surface area (Å²) in [5.74, 6) is -0.0775. The number of nitrogens with one attached hydrogen (secondary N) is 1. The van der Waals surface area contributed by atoms with Crippen molar-refractivity contribution in [2.75, 3.05) is 0 Å². The van der Waals surface area contributed by atoms with Gasteiger partial charge < -0.3 is 5.32 Å². The Balaban J connectivity index is 1.97. The lowest BCUT2D eigenvalue weighted by Gasteiger charge is -2.13. The fraction of sp³-hybridized carbons (Fsp3) is 0.417. The minimum atomic E-state index is -0.0775. The molecule has 0 aliphatic rings. The van der Waals surface area contributed by atoms with Gasteiger partial charge in [-0.1, -0.05) is 0 Å². The maximum Gasteiger partial charge on any atom is 0.242 e. The molecule has 0 saturated carbocycles. The van der Waals surface area contributed by atoms with E-state index in [0.717, 1.165) is 15.7 Å². The van der Waals surface area contributed by atoms with Crippen LogP contribution in [0.25, 0.3) is 0 Å². The smallest absolute Gasteiger partial charge is 0.242 e. The van der Waals surface area contributed by atoms with Gasteiger partial charge in [0.2, 0.25) is 5.91 Å². The van der Waals surface area contributed by atoms with Crippen LogP contribution in [-0.4, -0.2) is 25.5 Å². The fourth-order valence-electron chi connectivity index (χ4n) is 1.98. The second-order valence-corrected chi connectivity index (χ2v) is 5.40. The molecule has 2 heterocycles. The molecule has 6 nitrogen and oxygen atoms in total. The third-order valence-electron chi connectivity index (χ3n) is 2.80. The molecule has 2 rings (SSSR count). The highest BCUT2D eigenvalue weighted by atomic mass is 79.9. The van der Waals surface area contributed by atoms with Gasteiger partial charge in [-0.05, 0) is 29.8 Å². The van der Waals surface area contributed by atoms with Crippen molar-refractivity contribution in [1.82, 2.24) is 24.9 Å². The van der Waals surface area contributed by atoms with Crippen molar-refractivity contribution in [3.63, 3.8) is 0 Å². The van der Waals surface area contributed by atoms with E-state index in [9.17, 15) is 4.79 Å². The van der Waals surface area contributed by atoms with E-state index in [1.165, 1.54) is 0 Å². The first-order chi connectivity index (χ1) is 8.95. The van der Waals surface area contributed by atoms with Gasteiger partial charge in [-0.25, -0.2) is 0 Å². The molecule has 1 amide bonds. The summed E-state index contributed by atoms with van der Waals surface area (Å²) in [6.45, 7) is 4.08. The Kier molecular flexibility index (Phi) is 4.04. The summed E-state index contributed by atoms with van der Waals surface area (Å²) in [5, 5.41) is 11.3. The number of carbonyl (C=O) groups is 1. The molecule has 0 spiro atoms. The van der Waals surface area contributed by atoms with Crippen LogP contribution in [0.2, 0.25) is 0 Å². The van der Waals surface area contributed by atoms with Gasteiger partial charge in [0.15, 0.2) is 0 Å². The van der Waals surface area contributed by atoms with E-state index in [1.54, 1.807) is 21.8 Å². The minimum absolute atomic E-state index is 0.0693. The van der Waals surface area contributed by atoms with Gasteiger partial charge in [0.25, 0.3) is 0 Å². The Hall–Kier alpha value is -1.63. The number of aryl methyl sites for hydroxylation is 2. The topological polar surface area (TPSA) is 64.7 Å². The van der Waals surface area contributed by atoms with Crippen molar-refractivity contribution in [2.24, 2.45) is 7.05 Å². The Labute approximate surface area is 119 Å². The second kappa shape index (κ2) is 5.56. The van der Waals surface area contributed by atoms with Gasteiger partial charge in [0.1, 0.15) is 6.54 Å². The molecule has 0 aliphatic carbocycles. The number of carbonyl (C=O) groups excluding carboxylic acids is 1. The van der Waals surface area contributed by atoms with E-state index in [0.29, 0.717) is 0 Å². The van der Waals surface area contributed by atoms with E-state index in [4.69, 9.17) is 0 Å². The Morgan fingerprint density at radius 2 is 2.26 bits per heavy atom. The molecule has 2 aromatic rings. The summed E-state index contributed by atoms with van der Waals surface area (Å²) >= 11 is 3.30. The van der Waals surface area contributed by atoms with Crippen molar-refractivity contribution in [2.45, 2.75) is 26.4 Å². The zero-order valence-electron chi connectivity index (χ0n) is 11.1. The molecular formula is C12H16BrN5O. The number of hydrogen-bond donors (Lipinski definition) is 1. The van der Waals surface area contributed by atoms with Crippen LogP contribution in [0, 0.1) is 6.92 Å². The molecule has 19 heavy (non-hydrogen) atoms. The summed E-state index contributed by atoms with van der Waals surface area (Å²) < 4.78 is 4.19. The lowest BCUT2D eigenvalue weighted by molar-refractivity contribution is -0.122. The highest BCUT2D eigenvalue weighted by molar-refractivity contribution is 9.10. The van der Waals surface area contributed by atoms with Crippen molar-refractivity contribution < 1.29 is 4.79 Å². The molecule has 0 aromatic carbocycles. The summed E-state index contributed by atoms with van der Waals surface area (Å²) in [5.41, 5.74) is 1.95. The van der Waals surface area contributed by atoms with Crippen molar-refractivity contribution in [3.8, 4) is 0 Å². The third kappa shape index (κ3) is 3.44. The SMILES string of the molecule is Cc1nn(C)cc1C(C)NC(=O)Cn1cc(Br)cn1. The van der Waals surface area contributed by atoms with Gasteiger partial charge in [0, 0.05) is 25.0 Å². The first-order valence-corrected chi connectivity index (χ1v) is 6.72. The van der Waals surface area contributed by atoms with Gasteiger partial charge in [-0.3, -0.25) is 14.2 Å². The molecule has 1 atom stereocenters. The molecule has 0 fully saturated rings. The zero-order valence-corrected chi connectivity index (χ0v) is 12.7. The second-order valence-electron chi connectivity index (χ2n) is 4.49. The molecular weight excluding hydrogens is 310 g/mol. The maximum absolute atomic E-state index is 11.9. The lowest BCUT2D eigenvalue weighted by atomic mass is 10.1. The highest BCUT2D eigenvalue weighted by Gasteiger charge is 2.14. The Morgan fingerprint density at radius 1 is 1.53 bits per heavy atom. The molecule has 0 radical (unpaired) electrons. The van der Waals surface area contributed by atoms with Gasteiger partial charge >= 0.3 is 0 Å². The van der Waals surface area contributed by atoms with Gasteiger partial charge in [-0.15, -0.1) is 0 Å². The fourth-order valence-corrected chi connectivity index (χ4v) is 2.31. The quantitative estimate of drug-likeness (QED) is 0.927. The van der Waals surface area contributed by atoms with E-state index in [2.05, 4.69) is 31.4 Å². The summed E-state index contributed by atoms with van der Waals surface area (Å²) in [6.07, 6.45) is 5.34. The number of halogens is 1. The standard InChI is InChI=1S/C12H16BrN5O/c1-8(11-6-17(3)16-9(11)2)15-12(19)7-18-5-10(13)4-14-18/h4-6,8H,7H2,1-3H3,(H,15,19). The first kappa shape index (κ1) is 13.8. The Bertz CT molecular complexity index is 589. The van der Waals surface area contributed by atoms with Gasteiger partial charge in [-0.2, -0.15) is 10.2 Å². The first-order valence-electron chi connectivity index (χ1n) is 5.93. The van der Waals surface area contributed by atoms with Crippen LogP contribution in [0.3, 0.4) is 0 Å². The molecule has 0 bridgehead atoms. The van der Waals surface area contributed by atoms with E-state index in [1.807, 2.05) is 27.1 Å². The largest absolute Gasteiger partial charge is 0.348 e. The number of hydrogen-bond acceptors (Lipinski definition) is 3. The molecule has 7 heteroatoms. The van der Waals surface area contributed by atoms with Crippen molar-refractivity contribution >= 4 is 21.8 Å². The average Bonchev–Trinajstić information content (AvgIpc) is 2.84. The molecule has 1 N–H and O–H groups in total. The van der Waals surface area contributed by atoms with Crippen LogP contribution in [-0.2, 0) is 18.4 Å². The van der Waals surface area contributed by atoms with Crippen LogP contribution in [0.5, 0.6) is 0 Å². The predicted octanol–water partition coefficient (Wildman–Crippen LogP) is 1.56. The molecule has 0 aliphatic heterocycles. The summed E-state index contributed by atoms with van der Waals surface area (Å²) in [6, 6.07) is -0.0693. The monoisotopic (exact) mass is 325 g/mol. The van der Waals surface area contributed by atoms with Crippen LogP contribution in [0.1, 0.15) is 24.2 Å².